The molecule has 1 atom stereocenters. The van der Waals surface area contributed by atoms with Crippen molar-refractivity contribution in [3.05, 3.63) is 47.2 Å². The van der Waals surface area contributed by atoms with Gasteiger partial charge in [-0.3, -0.25) is 9.78 Å². The molecule has 1 aromatic heterocycles. The van der Waals surface area contributed by atoms with E-state index in [-0.39, 0.29) is 22.9 Å². The maximum atomic E-state index is 12.7. The minimum Gasteiger partial charge on any atom is -0.462 e. The van der Waals surface area contributed by atoms with Gasteiger partial charge in [-0.25, -0.2) is 4.79 Å². The second kappa shape index (κ2) is 9.02. The van der Waals surface area contributed by atoms with Crippen molar-refractivity contribution in [1.82, 2.24) is 4.98 Å². The van der Waals surface area contributed by atoms with Gasteiger partial charge in [-0.15, -0.1) is 0 Å². The number of rotatable bonds is 6. The minimum absolute atomic E-state index is 0.0316. The van der Waals surface area contributed by atoms with Crippen LogP contribution >= 0.6 is 23.4 Å². The molecule has 0 fully saturated rings. The van der Waals surface area contributed by atoms with E-state index in [0.717, 1.165) is 0 Å². The first-order valence-corrected chi connectivity index (χ1v) is 9.35. The number of nitrogens with zero attached hydrogens (tertiary/aromatic N) is 1. The molecule has 1 heterocycles. The van der Waals surface area contributed by atoms with Crippen LogP contribution in [-0.2, 0) is 9.53 Å². The van der Waals surface area contributed by atoms with Crippen molar-refractivity contribution >= 4 is 40.9 Å². The summed E-state index contributed by atoms with van der Waals surface area (Å²) in [5.41, 5.74) is -3.40. The van der Waals surface area contributed by atoms with Crippen LogP contribution in [0.2, 0.25) is 5.02 Å². The van der Waals surface area contributed by atoms with E-state index in [4.69, 9.17) is 16.3 Å². The molecule has 0 aliphatic carbocycles. The highest BCUT2D eigenvalue weighted by molar-refractivity contribution is 7.99. The number of hydrogen-bond donors (Lipinski definition) is 2. The Bertz CT molecular complexity index is 922. The van der Waals surface area contributed by atoms with Crippen LogP contribution in [0.1, 0.15) is 24.2 Å². The van der Waals surface area contributed by atoms with Gasteiger partial charge in [0.2, 0.25) is 5.60 Å². The van der Waals surface area contributed by atoms with Crippen molar-refractivity contribution in [2.75, 3.05) is 11.9 Å². The van der Waals surface area contributed by atoms with Gasteiger partial charge in [0.25, 0.3) is 5.91 Å². The van der Waals surface area contributed by atoms with E-state index in [2.05, 4.69) is 4.98 Å². The Balaban J connectivity index is 2.15. The molecule has 1 unspecified atom stereocenters. The third-order valence-electron chi connectivity index (χ3n) is 3.64. The second-order valence-electron chi connectivity index (χ2n) is 5.90. The number of carbonyl (C=O) groups is 2. The number of hydrogen-bond acceptors (Lipinski definition) is 6. The van der Waals surface area contributed by atoms with Crippen LogP contribution < -0.4 is 5.32 Å². The highest BCUT2D eigenvalue weighted by atomic mass is 35.5. The Kier molecular flexibility index (Phi) is 7.15. The number of aliphatic hydroxyl groups is 1. The molecular formula is C18H16ClF3N2O4S. The fourth-order valence-electron chi connectivity index (χ4n) is 1.97. The van der Waals surface area contributed by atoms with Gasteiger partial charge in [0.05, 0.1) is 22.9 Å². The molecule has 2 N–H and O–H groups in total. The Morgan fingerprint density at radius 3 is 2.52 bits per heavy atom. The minimum atomic E-state index is -5.14. The number of ether oxygens (including phenoxy) is 1. The Labute approximate surface area is 173 Å². The molecule has 1 amide bonds. The fourth-order valence-corrected chi connectivity index (χ4v) is 3.15. The van der Waals surface area contributed by atoms with Crippen LogP contribution in [-0.4, -0.2) is 40.4 Å². The molecule has 0 aliphatic rings. The van der Waals surface area contributed by atoms with Crippen LogP contribution in [0.5, 0.6) is 0 Å². The molecule has 0 saturated heterocycles. The standard InChI is InChI=1S/C18H16ClF3N2O4S/c1-3-28-15(25)10-6-12(9-23-8-10)29-11-4-5-14(13(19)7-11)24-16(26)17(2,27)18(20,21)22/h4-9,27H,3H2,1-2H3,(H,24,26). The number of carbonyl (C=O) groups excluding carboxylic acids is 2. The molecule has 2 aromatic rings. The zero-order valence-electron chi connectivity index (χ0n) is 15.2. The zero-order valence-corrected chi connectivity index (χ0v) is 16.8. The van der Waals surface area contributed by atoms with Gasteiger partial charge in [0, 0.05) is 22.2 Å². The fraction of sp³-hybridized carbons (Fsp3) is 0.278. The van der Waals surface area contributed by atoms with Gasteiger partial charge in [-0.1, -0.05) is 23.4 Å². The van der Waals surface area contributed by atoms with E-state index < -0.39 is 23.7 Å². The lowest BCUT2D eigenvalue weighted by Gasteiger charge is -2.25. The summed E-state index contributed by atoms with van der Waals surface area (Å²) < 4.78 is 43.1. The Morgan fingerprint density at radius 2 is 1.93 bits per heavy atom. The number of alkyl halides is 3. The lowest BCUT2D eigenvalue weighted by Crippen LogP contribution is -2.52. The summed E-state index contributed by atoms with van der Waals surface area (Å²) in [6, 6.07) is 5.80. The van der Waals surface area contributed by atoms with E-state index >= 15 is 0 Å². The summed E-state index contributed by atoms with van der Waals surface area (Å²) in [6.45, 7) is 2.25. The summed E-state index contributed by atoms with van der Waals surface area (Å²) in [7, 11) is 0. The SMILES string of the molecule is CCOC(=O)c1cncc(Sc2ccc(NC(=O)C(C)(O)C(F)(F)F)c(Cl)c2)c1. The predicted molar refractivity (Wildman–Crippen MR) is 101 cm³/mol. The van der Waals surface area contributed by atoms with Crippen LogP contribution in [0.4, 0.5) is 18.9 Å². The number of amides is 1. The lowest BCUT2D eigenvalue weighted by molar-refractivity contribution is -0.242. The smallest absolute Gasteiger partial charge is 0.426 e. The van der Waals surface area contributed by atoms with E-state index in [1.807, 2.05) is 5.32 Å². The first kappa shape index (κ1) is 23.0. The van der Waals surface area contributed by atoms with Crippen molar-refractivity contribution in [3.63, 3.8) is 0 Å². The number of anilines is 1. The van der Waals surface area contributed by atoms with Crippen molar-refractivity contribution in [1.29, 1.82) is 0 Å². The number of halogens is 4. The third-order valence-corrected chi connectivity index (χ3v) is 4.90. The average Bonchev–Trinajstić information content (AvgIpc) is 2.63. The molecule has 0 saturated carbocycles. The highest BCUT2D eigenvalue weighted by Crippen LogP contribution is 2.35. The first-order chi connectivity index (χ1) is 13.5. The topological polar surface area (TPSA) is 88.5 Å². The molecule has 6 nitrogen and oxygen atoms in total. The van der Waals surface area contributed by atoms with E-state index in [9.17, 15) is 27.9 Å². The van der Waals surface area contributed by atoms with Crippen molar-refractivity contribution in [3.8, 4) is 0 Å². The number of pyridine rings is 1. The van der Waals surface area contributed by atoms with E-state index in [0.29, 0.717) is 16.7 Å². The van der Waals surface area contributed by atoms with Crippen LogP contribution in [0.3, 0.4) is 0 Å². The van der Waals surface area contributed by atoms with Crippen LogP contribution in [0.15, 0.2) is 46.5 Å². The van der Waals surface area contributed by atoms with Crippen molar-refractivity contribution in [2.45, 2.75) is 35.4 Å². The molecule has 1 aromatic carbocycles. The predicted octanol–water partition coefficient (Wildman–Crippen LogP) is 4.31. The van der Waals surface area contributed by atoms with Gasteiger partial charge in [-0.2, -0.15) is 13.2 Å². The third kappa shape index (κ3) is 5.62. The molecule has 0 bridgehead atoms. The van der Waals surface area contributed by atoms with Crippen LogP contribution in [0, 0.1) is 0 Å². The number of nitrogens with one attached hydrogen (secondary N) is 1. The van der Waals surface area contributed by atoms with Crippen LogP contribution in [0.25, 0.3) is 0 Å². The number of aromatic nitrogens is 1. The van der Waals surface area contributed by atoms with Gasteiger partial charge < -0.3 is 15.2 Å². The molecular weight excluding hydrogens is 433 g/mol. The molecule has 29 heavy (non-hydrogen) atoms. The Morgan fingerprint density at radius 1 is 1.24 bits per heavy atom. The van der Waals surface area contributed by atoms with Crippen molar-refractivity contribution < 1.29 is 32.6 Å². The highest BCUT2D eigenvalue weighted by Gasteiger charge is 2.55. The first-order valence-electron chi connectivity index (χ1n) is 8.16. The summed E-state index contributed by atoms with van der Waals surface area (Å²) in [6.07, 6.45) is -2.27. The molecule has 11 heteroatoms. The van der Waals surface area contributed by atoms with Gasteiger partial charge in [0.1, 0.15) is 0 Å². The molecule has 2 rings (SSSR count). The summed E-state index contributed by atoms with van der Waals surface area (Å²) in [4.78, 5) is 28.7. The average molecular weight is 449 g/mol. The van der Waals surface area contributed by atoms with Gasteiger partial charge in [-0.05, 0) is 38.1 Å². The Hall–Kier alpha value is -2.30. The van der Waals surface area contributed by atoms with Crippen molar-refractivity contribution in [2.24, 2.45) is 0 Å². The summed E-state index contributed by atoms with van der Waals surface area (Å²) in [5, 5.41) is 11.3. The van der Waals surface area contributed by atoms with Gasteiger partial charge in [0.15, 0.2) is 0 Å². The van der Waals surface area contributed by atoms with E-state index in [1.165, 1.54) is 42.4 Å². The number of benzene rings is 1. The molecule has 0 aliphatic heterocycles. The molecule has 0 spiro atoms. The maximum absolute atomic E-state index is 12.7. The molecule has 156 valence electrons. The summed E-state index contributed by atoms with van der Waals surface area (Å²) >= 11 is 7.24. The summed E-state index contributed by atoms with van der Waals surface area (Å²) in [5.74, 6) is -2.17. The van der Waals surface area contributed by atoms with Gasteiger partial charge >= 0.3 is 12.1 Å². The lowest BCUT2D eigenvalue weighted by atomic mass is 10.1. The second-order valence-corrected chi connectivity index (χ2v) is 7.45. The van der Waals surface area contributed by atoms with E-state index in [1.54, 1.807) is 13.0 Å². The number of esters is 1. The quantitative estimate of drug-likeness (QED) is 0.640. The molecule has 0 radical (unpaired) electrons. The zero-order chi connectivity index (χ0) is 21.8. The monoisotopic (exact) mass is 448 g/mol. The maximum Gasteiger partial charge on any atom is 0.426 e. The largest absolute Gasteiger partial charge is 0.462 e. The normalized spacial score (nSPS) is 13.5.